The van der Waals surface area contributed by atoms with E-state index in [-0.39, 0.29) is 84.5 Å². The zero-order valence-electron chi connectivity index (χ0n) is 47.2. The molecule has 0 radical (unpaired) electrons. The van der Waals surface area contributed by atoms with Crippen molar-refractivity contribution < 1.29 is 52.6 Å². The van der Waals surface area contributed by atoms with Crippen LogP contribution in [0.4, 0.5) is 5.69 Å². The number of imide groups is 1. The van der Waals surface area contributed by atoms with Crippen molar-refractivity contribution in [2.24, 2.45) is 23.7 Å². The summed E-state index contributed by atoms with van der Waals surface area (Å²) in [5.41, 5.74) is 2.14. The molecule has 11 atom stereocenters. The molecule has 0 spiro atoms. The molecule has 1 aliphatic carbocycles. The number of likely N-dealkylation sites (tertiary alicyclic amines) is 2. The van der Waals surface area contributed by atoms with Crippen LogP contribution < -0.4 is 21.3 Å². The molecular weight excluding hydrogens is 997 g/mol. The number of piperidine rings is 1. The number of hydrogen-bond acceptors (Lipinski definition) is 11. The molecule has 0 aromatic heterocycles. The van der Waals surface area contributed by atoms with Crippen LogP contribution in [0, 0.1) is 23.7 Å². The van der Waals surface area contributed by atoms with Gasteiger partial charge in [-0.25, -0.2) is 0 Å². The fourth-order valence-corrected chi connectivity index (χ4v) is 12.0. The normalized spacial score (nSPS) is 21.4. The Balaban J connectivity index is 1.05. The Morgan fingerprint density at radius 3 is 2.13 bits per heavy atom. The minimum atomic E-state index is -0.982. The summed E-state index contributed by atoms with van der Waals surface area (Å²) in [5, 5.41) is 11.9. The predicted octanol–water partition coefficient (Wildman–Crippen LogP) is 4.91. The minimum Gasteiger partial charge on any atom is -0.379 e. The van der Waals surface area contributed by atoms with Crippen LogP contribution >= 0.6 is 0 Å². The van der Waals surface area contributed by atoms with Crippen molar-refractivity contribution in [3.63, 3.8) is 0 Å². The highest BCUT2D eigenvalue weighted by Crippen LogP contribution is 2.42. The van der Waals surface area contributed by atoms with Gasteiger partial charge in [0.25, 0.3) is 11.8 Å². The lowest BCUT2D eigenvalue weighted by molar-refractivity contribution is -0.148. The van der Waals surface area contributed by atoms with Crippen LogP contribution in [0.15, 0.2) is 66.7 Å². The van der Waals surface area contributed by atoms with Crippen molar-refractivity contribution in [1.29, 1.82) is 0 Å². The van der Waals surface area contributed by atoms with E-state index >= 15 is 0 Å². The molecule has 2 saturated heterocycles. The molecule has 2 bridgehead atoms. The molecule has 4 N–H and O–H groups in total. The third-order valence-electron chi connectivity index (χ3n) is 16.5. The molecule has 6 rings (SSSR count). The Morgan fingerprint density at radius 2 is 1.50 bits per heavy atom. The number of carbonyl (C=O) groups excluding carboxylic acids is 9. The van der Waals surface area contributed by atoms with E-state index in [1.165, 1.54) is 38.2 Å². The Labute approximate surface area is 460 Å². The number of amides is 9. The number of likely N-dealkylation sites (N-methyl/N-ethyl adjacent to an activating group) is 1. The number of fused-ring (bicyclic) bond motifs is 2. The Morgan fingerprint density at radius 1 is 0.808 bits per heavy atom. The fourth-order valence-electron chi connectivity index (χ4n) is 12.0. The first kappa shape index (κ1) is 60.8. The maximum atomic E-state index is 14.6. The lowest BCUT2D eigenvalue weighted by Crippen LogP contribution is -2.60. The van der Waals surface area contributed by atoms with Crippen molar-refractivity contribution in [3.05, 3.63) is 77.9 Å². The van der Waals surface area contributed by atoms with Gasteiger partial charge in [-0.2, -0.15) is 0 Å². The number of nitrogens with one attached hydrogen (secondary N) is 4. The summed E-state index contributed by atoms with van der Waals surface area (Å²) < 4.78 is 12.2. The zero-order valence-corrected chi connectivity index (χ0v) is 47.2. The van der Waals surface area contributed by atoms with Crippen molar-refractivity contribution in [2.75, 3.05) is 39.7 Å². The molecule has 3 fully saturated rings. The molecule has 2 aromatic carbocycles. The van der Waals surface area contributed by atoms with Gasteiger partial charge in [-0.3, -0.25) is 48.1 Å². The van der Waals surface area contributed by atoms with Crippen LogP contribution in [0.2, 0.25) is 0 Å². The quantitative estimate of drug-likeness (QED) is 0.0660. The maximum absolute atomic E-state index is 14.6. The lowest BCUT2D eigenvalue weighted by Gasteiger charge is -2.41. The average molecular weight is 1080 g/mol. The third-order valence-corrected chi connectivity index (χ3v) is 16.5. The fraction of sp³-hybridized carbons (Fsp3) is 0.610. The summed E-state index contributed by atoms with van der Waals surface area (Å²) in [4.78, 5) is 126. The van der Waals surface area contributed by atoms with Crippen LogP contribution in [0.3, 0.4) is 0 Å². The van der Waals surface area contributed by atoms with Gasteiger partial charge in [0, 0.05) is 84.5 Å². The Bertz CT molecular complexity index is 2450. The second-order valence-electron chi connectivity index (χ2n) is 22.1. The van der Waals surface area contributed by atoms with Crippen LogP contribution in [0.5, 0.6) is 0 Å². The lowest BCUT2D eigenvalue weighted by atomic mass is 9.89. The first-order valence-corrected chi connectivity index (χ1v) is 28.0. The number of anilines is 1. The molecule has 3 aliphatic heterocycles. The summed E-state index contributed by atoms with van der Waals surface area (Å²) in [5.74, 6) is -3.71. The number of benzene rings is 2. The standard InChI is InChI=1S/C59H84N8O11/c1-10-37(4)53(64(7)59(76)52(36(2)3)63-58(75)54-42-24-27-44(33-42)67(54)39(6)68)47(77-8)34-51(72)65-31-17-20-46(65)55(78-9)38(5)56(73)62-45(32-40-18-13-11-14-19-40)57(74)61-43-25-22-41(23-26-43)35-60-48(69)21-15-12-16-30-66-49(70)28-29-50(66)71/h11,13-14,18-19,22-23,25-26,28-29,36-38,42,44-47,52-55H,10,12,15-17,20-21,24,27,30-35H2,1-9H3,(H,60,69)(H,61,74)(H,62,73)(H,63,75)/t37-,38+,42-,44+,45-,46-,47+,52-,53-,54-,55+/m0/s1. The number of rotatable bonds is 28. The molecule has 2 aromatic rings. The average Bonchev–Trinajstić information content (AvgIpc) is 4.38. The van der Waals surface area contributed by atoms with Crippen molar-refractivity contribution in [2.45, 2.75) is 174 Å². The molecular formula is C59H84N8O11. The second kappa shape index (κ2) is 28.4. The van der Waals surface area contributed by atoms with E-state index in [0.717, 1.165) is 30.4 Å². The highest BCUT2D eigenvalue weighted by molar-refractivity contribution is 6.12. The summed E-state index contributed by atoms with van der Waals surface area (Å²) >= 11 is 0. The molecule has 4 aliphatic rings. The first-order valence-electron chi connectivity index (χ1n) is 28.0. The van der Waals surface area contributed by atoms with E-state index in [9.17, 15) is 43.2 Å². The van der Waals surface area contributed by atoms with Crippen molar-refractivity contribution in [1.82, 2.24) is 35.6 Å². The molecule has 9 amide bonds. The molecule has 0 unspecified atom stereocenters. The van der Waals surface area contributed by atoms with Gasteiger partial charge in [0.1, 0.15) is 18.1 Å². The molecule has 19 nitrogen and oxygen atoms in total. The third kappa shape index (κ3) is 15.2. The maximum Gasteiger partial charge on any atom is 0.253 e. The molecule has 1 saturated carbocycles. The van der Waals surface area contributed by atoms with Gasteiger partial charge in [0.05, 0.1) is 36.6 Å². The van der Waals surface area contributed by atoms with E-state index in [0.29, 0.717) is 63.7 Å². The summed E-state index contributed by atoms with van der Waals surface area (Å²) in [6.07, 6.45) is 7.86. The number of ether oxygens (including phenoxy) is 2. The van der Waals surface area contributed by atoms with Gasteiger partial charge in [-0.05, 0) is 86.0 Å². The summed E-state index contributed by atoms with van der Waals surface area (Å²) in [6, 6.07) is 13.0. The van der Waals surface area contributed by atoms with Crippen molar-refractivity contribution in [3.8, 4) is 0 Å². The number of unbranched alkanes of at least 4 members (excludes halogenated alkanes) is 2. The molecule has 19 heteroatoms. The number of methoxy groups -OCH3 is 2. The van der Waals surface area contributed by atoms with E-state index in [1.54, 1.807) is 52.9 Å². The predicted molar refractivity (Wildman–Crippen MR) is 294 cm³/mol. The number of nitrogens with zero attached hydrogens (tertiary/aromatic N) is 4. The molecule has 426 valence electrons. The Hall–Kier alpha value is -6.47. The second-order valence-corrected chi connectivity index (χ2v) is 22.1. The van der Waals surface area contributed by atoms with Gasteiger partial charge in [-0.15, -0.1) is 0 Å². The SMILES string of the molecule is CC[C@H](C)[C@@H]([C@@H](CC(=O)N1CCC[C@H]1[C@H](OC)[C@@H](C)C(=O)N[C@@H](Cc1ccccc1)C(=O)Nc1ccc(CNC(=O)CCCCCN2C(=O)C=CC2=O)cc1)OC)N(C)C(=O)[C@@H](NC(=O)[C@@H]1[C@H]2CC[C@H](C2)N1C(C)=O)C(C)C. The first-order chi connectivity index (χ1) is 37.3. The largest absolute Gasteiger partial charge is 0.379 e. The van der Waals surface area contributed by atoms with E-state index < -0.39 is 60.1 Å². The van der Waals surface area contributed by atoms with Crippen LogP contribution in [-0.4, -0.2) is 156 Å². The van der Waals surface area contributed by atoms with E-state index in [1.807, 2.05) is 58.0 Å². The minimum absolute atomic E-state index is 0.0393. The van der Waals surface area contributed by atoms with E-state index in [2.05, 4.69) is 21.3 Å². The summed E-state index contributed by atoms with van der Waals surface area (Å²) in [7, 11) is 4.74. The van der Waals surface area contributed by atoms with Crippen molar-refractivity contribution >= 4 is 58.9 Å². The smallest absolute Gasteiger partial charge is 0.253 e. The molecule has 3 heterocycles. The highest BCUT2D eigenvalue weighted by atomic mass is 16.5. The number of carbonyl (C=O) groups is 9. The topological polar surface area (TPSA) is 233 Å². The van der Waals surface area contributed by atoms with Crippen LogP contribution in [0.1, 0.15) is 123 Å². The van der Waals surface area contributed by atoms with Crippen LogP contribution in [-0.2, 0) is 65.6 Å². The van der Waals surface area contributed by atoms with Gasteiger partial charge >= 0.3 is 0 Å². The van der Waals surface area contributed by atoms with Gasteiger partial charge in [-0.1, -0.05) is 89.9 Å². The highest BCUT2D eigenvalue weighted by Gasteiger charge is 2.51. The molecule has 78 heavy (non-hydrogen) atoms. The number of hydrogen-bond donors (Lipinski definition) is 4. The van der Waals surface area contributed by atoms with Gasteiger partial charge in [0.2, 0.25) is 41.4 Å². The monoisotopic (exact) mass is 1080 g/mol. The van der Waals surface area contributed by atoms with Crippen LogP contribution in [0.25, 0.3) is 0 Å². The van der Waals surface area contributed by atoms with Gasteiger partial charge in [0.15, 0.2) is 0 Å². The van der Waals surface area contributed by atoms with Gasteiger partial charge < -0.3 is 45.4 Å². The summed E-state index contributed by atoms with van der Waals surface area (Å²) in [6.45, 7) is 12.0. The Kier molecular flexibility index (Phi) is 22.1. The zero-order chi connectivity index (χ0) is 56.8. The van der Waals surface area contributed by atoms with E-state index in [4.69, 9.17) is 9.47 Å².